The van der Waals surface area contributed by atoms with Crippen LogP contribution in [0.4, 0.5) is 0 Å². The molecule has 0 heterocycles. The van der Waals surface area contributed by atoms with Crippen molar-refractivity contribution in [2.75, 3.05) is 0 Å². The van der Waals surface area contributed by atoms with Gasteiger partial charge in [-0.1, -0.05) is 19.9 Å². The summed E-state index contributed by atoms with van der Waals surface area (Å²) in [4.78, 5) is 12.3. The first-order chi connectivity index (χ1) is 8.96. The smallest absolute Gasteiger partial charge is 0.333 e. The van der Waals surface area contributed by atoms with E-state index in [1.54, 1.807) is 0 Å². The van der Waals surface area contributed by atoms with Crippen LogP contribution < -0.4 is 0 Å². The summed E-state index contributed by atoms with van der Waals surface area (Å²) in [7, 11) is 0. The second-order valence-corrected chi connectivity index (χ2v) is 7.58. The molecule has 0 spiro atoms. The van der Waals surface area contributed by atoms with Gasteiger partial charge in [-0.15, -0.1) is 0 Å². The largest absolute Gasteiger partial charge is 0.456 e. The van der Waals surface area contributed by atoms with E-state index in [0.717, 1.165) is 42.6 Å². The van der Waals surface area contributed by atoms with Crippen LogP contribution >= 0.6 is 0 Å². The van der Waals surface area contributed by atoms with Crippen molar-refractivity contribution < 1.29 is 9.53 Å². The Morgan fingerprint density at radius 3 is 2.00 bits per heavy atom. The first-order valence-corrected chi connectivity index (χ1v) is 7.87. The third-order valence-electron chi connectivity index (χ3n) is 5.20. The zero-order chi connectivity index (χ0) is 13.6. The Balaban J connectivity index is 1.71. The molecule has 0 unspecified atom stereocenters. The van der Waals surface area contributed by atoms with Gasteiger partial charge in [-0.05, 0) is 69.1 Å². The Kier molecular flexibility index (Phi) is 3.23. The summed E-state index contributed by atoms with van der Waals surface area (Å²) in [6.45, 7) is 6.09. The number of allylic oxidation sites excluding steroid dienone is 1. The molecule has 0 saturated heterocycles. The highest BCUT2D eigenvalue weighted by Gasteiger charge is 2.53. The van der Waals surface area contributed by atoms with E-state index < -0.39 is 0 Å². The molecule has 19 heavy (non-hydrogen) atoms. The average Bonchev–Trinajstić information content (AvgIpc) is 2.24. The molecule has 4 aliphatic rings. The highest BCUT2D eigenvalue weighted by Crippen LogP contribution is 2.57. The van der Waals surface area contributed by atoms with Crippen LogP contribution in [0.5, 0.6) is 0 Å². The molecule has 2 nitrogen and oxygen atoms in total. The number of hydrogen-bond acceptors (Lipinski definition) is 2. The molecular formula is C17H26O2. The Hall–Kier alpha value is -0.790. The Labute approximate surface area is 116 Å². The first-order valence-electron chi connectivity index (χ1n) is 7.87. The van der Waals surface area contributed by atoms with Crippen molar-refractivity contribution in [2.45, 2.75) is 64.9 Å². The van der Waals surface area contributed by atoms with Crippen LogP contribution in [0, 0.1) is 23.7 Å². The Morgan fingerprint density at radius 2 is 1.58 bits per heavy atom. The minimum Gasteiger partial charge on any atom is -0.456 e. The van der Waals surface area contributed by atoms with Gasteiger partial charge >= 0.3 is 5.97 Å². The molecule has 0 amide bonds. The van der Waals surface area contributed by atoms with Gasteiger partial charge < -0.3 is 4.74 Å². The standard InChI is InChI=1S/C17H26O2/c1-11(2)4-12(3)16(18)19-17-8-13-5-14(9-17)7-15(6-13)10-17/h4,11,13-15H,5-10H2,1-3H3. The van der Waals surface area contributed by atoms with Crippen molar-refractivity contribution in [1.29, 1.82) is 0 Å². The normalized spacial score (nSPS) is 40.8. The molecule has 0 radical (unpaired) electrons. The third-order valence-corrected chi connectivity index (χ3v) is 5.20. The van der Waals surface area contributed by atoms with E-state index >= 15 is 0 Å². The molecule has 0 atom stereocenters. The lowest BCUT2D eigenvalue weighted by Crippen LogP contribution is -2.52. The molecule has 106 valence electrons. The average molecular weight is 262 g/mol. The van der Waals surface area contributed by atoms with Gasteiger partial charge in [0.05, 0.1) is 0 Å². The highest BCUT2D eigenvalue weighted by atomic mass is 16.6. The summed E-state index contributed by atoms with van der Waals surface area (Å²) < 4.78 is 6.01. The molecule has 4 bridgehead atoms. The first kappa shape index (κ1) is 13.2. The number of ether oxygens (including phenoxy) is 1. The maximum Gasteiger partial charge on any atom is 0.333 e. The van der Waals surface area contributed by atoms with Crippen LogP contribution in [0.2, 0.25) is 0 Å². The van der Waals surface area contributed by atoms with Gasteiger partial charge in [0.2, 0.25) is 0 Å². The topological polar surface area (TPSA) is 26.3 Å². The van der Waals surface area contributed by atoms with Crippen molar-refractivity contribution in [1.82, 2.24) is 0 Å². The lowest BCUT2D eigenvalue weighted by molar-refractivity contribution is -0.182. The van der Waals surface area contributed by atoms with Gasteiger partial charge in [0.15, 0.2) is 0 Å². The molecule has 4 rings (SSSR count). The summed E-state index contributed by atoms with van der Waals surface area (Å²) in [6, 6.07) is 0. The predicted molar refractivity (Wildman–Crippen MR) is 75.6 cm³/mol. The van der Waals surface area contributed by atoms with Gasteiger partial charge in [-0.2, -0.15) is 0 Å². The van der Waals surface area contributed by atoms with E-state index in [0.29, 0.717) is 5.92 Å². The van der Waals surface area contributed by atoms with Crippen molar-refractivity contribution in [2.24, 2.45) is 23.7 Å². The Morgan fingerprint density at radius 1 is 1.11 bits per heavy atom. The van der Waals surface area contributed by atoms with Crippen LogP contribution in [-0.4, -0.2) is 11.6 Å². The molecule has 4 saturated carbocycles. The Bertz CT molecular complexity index is 370. The van der Waals surface area contributed by atoms with Crippen LogP contribution in [0.3, 0.4) is 0 Å². The van der Waals surface area contributed by atoms with Crippen LogP contribution in [0.15, 0.2) is 11.6 Å². The van der Waals surface area contributed by atoms with Crippen LogP contribution in [-0.2, 0) is 9.53 Å². The monoisotopic (exact) mass is 262 g/mol. The van der Waals surface area contributed by atoms with E-state index in [4.69, 9.17) is 4.74 Å². The summed E-state index contributed by atoms with van der Waals surface area (Å²) >= 11 is 0. The SMILES string of the molecule is CC(=CC(C)C)C(=O)OC12CC3CC(CC(C3)C1)C2. The zero-order valence-electron chi connectivity index (χ0n) is 12.4. The highest BCUT2D eigenvalue weighted by molar-refractivity contribution is 5.88. The summed E-state index contributed by atoms with van der Waals surface area (Å²) in [6.07, 6.45) is 9.55. The van der Waals surface area contributed by atoms with Crippen LogP contribution in [0.25, 0.3) is 0 Å². The van der Waals surface area contributed by atoms with Gasteiger partial charge in [-0.25, -0.2) is 4.79 Å². The van der Waals surface area contributed by atoms with Crippen molar-refractivity contribution in [3.05, 3.63) is 11.6 Å². The second kappa shape index (κ2) is 4.64. The lowest BCUT2D eigenvalue weighted by atomic mass is 9.54. The number of carbonyl (C=O) groups is 1. The fourth-order valence-electron chi connectivity index (χ4n) is 5.00. The number of rotatable bonds is 3. The molecule has 0 N–H and O–H groups in total. The van der Waals surface area contributed by atoms with E-state index in [9.17, 15) is 4.79 Å². The van der Waals surface area contributed by atoms with E-state index in [2.05, 4.69) is 13.8 Å². The molecule has 4 aliphatic carbocycles. The van der Waals surface area contributed by atoms with Crippen molar-refractivity contribution in [3.8, 4) is 0 Å². The fraction of sp³-hybridized carbons (Fsp3) is 0.824. The third kappa shape index (κ3) is 2.59. The predicted octanol–water partition coefficient (Wildman–Crippen LogP) is 4.10. The van der Waals surface area contributed by atoms with Gasteiger partial charge in [0, 0.05) is 5.57 Å². The van der Waals surface area contributed by atoms with E-state index in [1.807, 2.05) is 13.0 Å². The molecule has 0 aromatic rings. The van der Waals surface area contributed by atoms with Crippen LogP contribution in [0.1, 0.15) is 59.3 Å². The maximum absolute atomic E-state index is 12.3. The number of esters is 1. The maximum atomic E-state index is 12.3. The summed E-state index contributed by atoms with van der Waals surface area (Å²) in [5, 5.41) is 0. The minimum absolute atomic E-state index is 0.0735. The van der Waals surface area contributed by atoms with Gasteiger partial charge in [-0.3, -0.25) is 0 Å². The van der Waals surface area contributed by atoms with Crippen molar-refractivity contribution >= 4 is 5.97 Å². The molecular weight excluding hydrogens is 236 g/mol. The van der Waals surface area contributed by atoms with Gasteiger partial charge in [0.25, 0.3) is 0 Å². The van der Waals surface area contributed by atoms with Gasteiger partial charge in [0.1, 0.15) is 5.60 Å². The van der Waals surface area contributed by atoms with Crippen molar-refractivity contribution in [3.63, 3.8) is 0 Å². The molecule has 2 heteroatoms. The number of carbonyl (C=O) groups excluding carboxylic acids is 1. The van der Waals surface area contributed by atoms with E-state index in [1.165, 1.54) is 19.3 Å². The zero-order valence-corrected chi connectivity index (χ0v) is 12.4. The molecule has 4 fully saturated rings. The molecule has 0 aromatic heterocycles. The quantitative estimate of drug-likeness (QED) is 0.565. The fourth-order valence-corrected chi connectivity index (χ4v) is 5.00. The minimum atomic E-state index is -0.0993. The number of hydrogen-bond donors (Lipinski definition) is 0. The molecule has 0 aliphatic heterocycles. The molecule has 0 aromatic carbocycles. The van der Waals surface area contributed by atoms with E-state index in [-0.39, 0.29) is 11.6 Å². The summed E-state index contributed by atoms with van der Waals surface area (Å²) in [5.74, 6) is 2.81. The lowest BCUT2D eigenvalue weighted by Gasteiger charge is -2.55. The summed E-state index contributed by atoms with van der Waals surface area (Å²) in [5.41, 5.74) is 0.684. The second-order valence-electron chi connectivity index (χ2n) is 7.58.